The van der Waals surface area contributed by atoms with Gasteiger partial charge in [0.2, 0.25) is 5.91 Å². The molecule has 0 spiro atoms. The molecule has 0 fully saturated rings. The minimum Gasteiger partial charge on any atom is -0.481 e. The lowest BCUT2D eigenvalue weighted by Crippen LogP contribution is -2.28. The number of carboxylic acids is 1. The average Bonchev–Trinajstić information content (AvgIpc) is 2.37. The predicted octanol–water partition coefficient (Wildman–Crippen LogP) is 1.09. The maximum absolute atomic E-state index is 11.6. The molecule has 6 nitrogen and oxygen atoms in total. The lowest BCUT2D eigenvalue weighted by Gasteiger charge is -2.14. The highest BCUT2D eigenvalue weighted by atomic mass is 32.2. The first-order valence-electron chi connectivity index (χ1n) is 6.09. The summed E-state index contributed by atoms with van der Waals surface area (Å²) in [5.74, 6) is -1.28. The molecule has 0 radical (unpaired) electrons. The van der Waals surface area contributed by atoms with Gasteiger partial charge in [-0.3, -0.25) is 9.59 Å². The zero-order valence-electron chi connectivity index (χ0n) is 11.7. The summed E-state index contributed by atoms with van der Waals surface area (Å²) in [6.45, 7) is 1.77. The Bertz CT molecular complexity index is 610. The summed E-state index contributed by atoms with van der Waals surface area (Å²) in [5, 5.41) is 11.2. The number of thioether (sulfide) groups is 1. The van der Waals surface area contributed by atoms with Crippen molar-refractivity contribution < 1.29 is 23.1 Å². The molecule has 1 rings (SSSR count). The molecule has 1 unspecified atom stereocenters. The molecule has 2 N–H and O–H groups in total. The SMILES string of the molecule is CC(NC(=O)CSCC(=O)O)c1ccc(S(C)(=O)=O)cc1. The van der Waals surface area contributed by atoms with Crippen molar-refractivity contribution in [1.82, 2.24) is 5.32 Å². The molecule has 116 valence electrons. The van der Waals surface area contributed by atoms with E-state index in [0.29, 0.717) is 0 Å². The van der Waals surface area contributed by atoms with Crippen molar-refractivity contribution in [3.05, 3.63) is 29.8 Å². The minimum absolute atomic E-state index is 0.0675. The van der Waals surface area contributed by atoms with E-state index in [-0.39, 0.29) is 28.4 Å². The molecule has 0 aromatic heterocycles. The quantitative estimate of drug-likeness (QED) is 0.775. The Hall–Kier alpha value is -1.54. The summed E-state index contributed by atoms with van der Waals surface area (Å²) < 4.78 is 22.7. The summed E-state index contributed by atoms with van der Waals surface area (Å²) in [5.41, 5.74) is 0.777. The maximum atomic E-state index is 11.6. The number of benzene rings is 1. The molecular weight excluding hydrogens is 314 g/mol. The molecule has 0 aliphatic carbocycles. The molecule has 0 aliphatic heterocycles. The van der Waals surface area contributed by atoms with Gasteiger partial charge in [-0.1, -0.05) is 12.1 Å². The Kier molecular flexibility index (Phi) is 6.22. The number of hydrogen-bond acceptors (Lipinski definition) is 5. The fourth-order valence-corrected chi connectivity index (χ4v) is 2.78. The number of carboxylic acid groups (broad SMARTS) is 1. The Labute approximate surface area is 127 Å². The van der Waals surface area contributed by atoms with Crippen molar-refractivity contribution in [2.24, 2.45) is 0 Å². The van der Waals surface area contributed by atoms with Gasteiger partial charge in [0.1, 0.15) is 0 Å². The maximum Gasteiger partial charge on any atom is 0.313 e. The van der Waals surface area contributed by atoms with E-state index in [0.717, 1.165) is 23.6 Å². The zero-order valence-corrected chi connectivity index (χ0v) is 13.3. The van der Waals surface area contributed by atoms with Crippen molar-refractivity contribution in [2.75, 3.05) is 17.8 Å². The third kappa shape index (κ3) is 6.17. The van der Waals surface area contributed by atoms with Crippen molar-refractivity contribution >= 4 is 33.5 Å². The van der Waals surface area contributed by atoms with Gasteiger partial charge in [0.15, 0.2) is 9.84 Å². The molecule has 1 aromatic carbocycles. The highest BCUT2D eigenvalue weighted by Crippen LogP contribution is 2.16. The number of nitrogens with one attached hydrogen (secondary N) is 1. The van der Waals surface area contributed by atoms with E-state index in [1.54, 1.807) is 19.1 Å². The van der Waals surface area contributed by atoms with Crippen molar-refractivity contribution in [3.8, 4) is 0 Å². The second-order valence-electron chi connectivity index (χ2n) is 4.52. The average molecular weight is 331 g/mol. The molecule has 0 bridgehead atoms. The topological polar surface area (TPSA) is 101 Å². The number of carbonyl (C=O) groups is 2. The minimum atomic E-state index is -3.23. The summed E-state index contributed by atoms with van der Waals surface area (Å²) in [6, 6.07) is 5.99. The lowest BCUT2D eigenvalue weighted by molar-refractivity contribution is -0.133. The molecule has 0 aliphatic rings. The van der Waals surface area contributed by atoms with Crippen LogP contribution in [0.15, 0.2) is 29.2 Å². The van der Waals surface area contributed by atoms with E-state index in [9.17, 15) is 18.0 Å². The van der Waals surface area contributed by atoms with Gasteiger partial charge < -0.3 is 10.4 Å². The second-order valence-corrected chi connectivity index (χ2v) is 7.52. The first-order chi connectivity index (χ1) is 9.70. The lowest BCUT2D eigenvalue weighted by atomic mass is 10.1. The van der Waals surface area contributed by atoms with Crippen LogP contribution in [-0.2, 0) is 19.4 Å². The zero-order chi connectivity index (χ0) is 16.0. The fourth-order valence-electron chi connectivity index (χ4n) is 1.60. The first-order valence-corrected chi connectivity index (χ1v) is 9.13. The summed E-state index contributed by atoms with van der Waals surface area (Å²) in [7, 11) is -3.23. The van der Waals surface area contributed by atoms with Gasteiger partial charge in [0.05, 0.1) is 22.4 Å². The molecule has 1 amide bonds. The molecule has 0 saturated carbocycles. The molecule has 21 heavy (non-hydrogen) atoms. The van der Waals surface area contributed by atoms with Crippen molar-refractivity contribution in [1.29, 1.82) is 0 Å². The third-order valence-electron chi connectivity index (χ3n) is 2.64. The smallest absolute Gasteiger partial charge is 0.313 e. The van der Waals surface area contributed by atoms with E-state index >= 15 is 0 Å². The third-order valence-corrected chi connectivity index (χ3v) is 4.69. The van der Waals surface area contributed by atoms with Crippen LogP contribution in [0.2, 0.25) is 0 Å². The fraction of sp³-hybridized carbons (Fsp3) is 0.385. The van der Waals surface area contributed by atoms with Crippen LogP contribution in [0.4, 0.5) is 0 Å². The largest absolute Gasteiger partial charge is 0.481 e. The van der Waals surface area contributed by atoms with Crippen LogP contribution in [0, 0.1) is 0 Å². The standard InChI is InChI=1S/C13H17NO5S2/c1-9(14-12(15)7-20-8-13(16)17)10-3-5-11(6-4-10)21(2,18)19/h3-6,9H,7-8H2,1-2H3,(H,14,15)(H,16,17). The predicted molar refractivity (Wildman–Crippen MR) is 81.1 cm³/mol. The van der Waals surface area contributed by atoms with Gasteiger partial charge in [0.25, 0.3) is 0 Å². The van der Waals surface area contributed by atoms with Gasteiger partial charge in [-0.15, -0.1) is 11.8 Å². The van der Waals surface area contributed by atoms with Crippen LogP contribution in [-0.4, -0.2) is 43.2 Å². The van der Waals surface area contributed by atoms with Crippen LogP contribution in [0.25, 0.3) is 0 Å². The number of carbonyl (C=O) groups excluding carboxylic acids is 1. The summed E-state index contributed by atoms with van der Waals surface area (Å²) >= 11 is 1.02. The molecule has 1 atom stereocenters. The molecule has 8 heteroatoms. The molecular formula is C13H17NO5S2. The number of rotatable bonds is 7. The molecule has 0 heterocycles. The van der Waals surface area contributed by atoms with Gasteiger partial charge in [0, 0.05) is 6.26 Å². The van der Waals surface area contributed by atoms with Gasteiger partial charge in [-0.05, 0) is 24.6 Å². The van der Waals surface area contributed by atoms with E-state index in [2.05, 4.69) is 5.32 Å². The van der Waals surface area contributed by atoms with Gasteiger partial charge in [-0.2, -0.15) is 0 Å². The van der Waals surface area contributed by atoms with Gasteiger partial charge >= 0.3 is 5.97 Å². The van der Waals surface area contributed by atoms with E-state index < -0.39 is 15.8 Å². The number of amides is 1. The van der Waals surface area contributed by atoms with Crippen LogP contribution < -0.4 is 5.32 Å². The number of aliphatic carboxylic acids is 1. The monoisotopic (exact) mass is 331 g/mol. The number of sulfone groups is 1. The second kappa shape index (κ2) is 7.46. The van der Waals surface area contributed by atoms with E-state index in [1.807, 2.05) is 0 Å². The highest BCUT2D eigenvalue weighted by molar-refractivity contribution is 8.00. The number of hydrogen-bond donors (Lipinski definition) is 2. The molecule has 0 saturated heterocycles. The van der Waals surface area contributed by atoms with Crippen LogP contribution in [0.1, 0.15) is 18.5 Å². The summed E-state index contributed by atoms with van der Waals surface area (Å²) in [4.78, 5) is 22.2. The van der Waals surface area contributed by atoms with Crippen LogP contribution >= 0.6 is 11.8 Å². The Balaban J connectivity index is 2.57. The Morgan fingerprint density at radius 1 is 1.24 bits per heavy atom. The van der Waals surface area contributed by atoms with E-state index in [1.165, 1.54) is 12.1 Å². The normalized spacial score (nSPS) is 12.7. The van der Waals surface area contributed by atoms with Crippen molar-refractivity contribution in [2.45, 2.75) is 17.9 Å². The summed E-state index contributed by atoms with van der Waals surface area (Å²) in [6.07, 6.45) is 1.13. The first kappa shape index (κ1) is 17.5. The van der Waals surface area contributed by atoms with Crippen molar-refractivity contribution in [3.63, 3.8) is 0 Å². The highest BCUT2D eigenvalue weighted by Gasteiger charge is 2.12. The Morgan fingerprint density at radius 2 is 1.81 bits per heavy atom. The van der Waals surface area contributed by atoms with E-state index in [4.69, 9.17) is 5.11 Å². The van der Waals surface area contributed by atoms with Gasteiger partial charge in [-0.25, -0.2) is 8.42 Å². The molecule has 1 aromatic rings. The van der Waals surface area contributed by atoms with Crippen LogP contribution in [0.3, 0.4) is 0 Å². The van der Waals surface area contributed by atoms with Crippen LogP contribution in [0.5, 0.6) is 0 Å². The Morgan fingerprint density at radius 3 is 2.29 bits per heavy atom.